The van der Waals surface area contributed by atoms with Gasteiger partial charge in [0.05, 0.1) is 0 Å². The molecule has 1 aromatic carbocycles. The molecule has 1 aromatic rings. The van der Waals surface area contributed by atoms with Crippen LogP contribution in [0.2, 0.25) is 0 Å². The minimum Gasteiger partial charge on any atom is -0.508 e. The van der Waals surface area contributed by atoms with Gasteiger partial charge in [-0.1, -0.05) is 45.2 Å². The summed E-state index contributed by atoms with van der Waals surface area (Å²) in [5.41, 5.74) is 1.23. The Morgan fingerprint density at radius 3 is 2.55 bits per heavy atom. The molecule has 0 bridgehead atoms. The van der Waals surface area contributed by atoms with E-state index in [0.717, 1.165) is 45.4 Å². The van der Waals surface area contributed by atoms with Crippen molar-refractivity contribution in [3.8, 4) is 5.75 Å². The Kier molecular flexibility index (Phi) is 10.2. The van der Waals surface area contributed by atoms with Gasteiger partial charge >= 0.3 is 5.97 Å². The number of carbonyl (C=O) groups excluding carboxylic acids is 1. The van der Waals surface area contributed by atoms with Crippen LogP contribution in [-0.4, -0.2) is 69.6 Å². The Morgan fingerprint density at radius 2 is 1.91 bits per heavy atom. The smallest absolute Gasteiger partial charge is 0.303 e. The zero-order chi connectivity index (χ0) is 23.1. The van der Waals surface area contributed by atoms with Gasteiger partial charge in [-0.05, 0) is 61.3 Å². The van der Waals surface area contributed by atoms with Crippen molar-refractivity contribution in [2.24, 2.45) is 5.92 Å². The molecule has 33 heavy (non-hydrogen) atoms. The first-order chi connectivity index (χ1) is 15.3. The first-order valence-electron chi connectivity index (χ1n) is 12.3. The Labute approximate surface area is 198 Å². The predicted molar refractivity (Wildman–Crippen MR) is 129 cm³/mol. The monoisotopic (exact) mass is 462 g/mol. The van der Waals surface area contributed by atoms with E-state index in [-0.39, 0.29) is 23.2 Å². The van der Waals surface area contributed by atoms with Gasteiger partial charge < -0.3 is 25.5 Å². The number of hydrogen-bond donors (Lipinski definition) is 2. The van der Waals surface area contributed by atoms with E-state index in [9.17, 15) is 14.7 Å². The summed E-state index contributed by atoms with van der Waals surface area (Å²) in [7, 11) is 0. The first-order valence-corrected chi connectivity index (χ1v) is 12.3. The van der Waals surface area contributed by atoms with Gasteiger partial charge in [0, 0.05) is 38.5 Å². The number of aliphatic carboxylic acids is 1. The molecule has 1 heterocycles. The molecule has 2 fully saturated rings. The molecule has 1 amide bonds. The number of piperidine rings is 1. The van der Waals surface area contributed by atoms with Gasteiger partial charge in [0.15, 0.2) is 0 Å². The summed E-state index contributed by atoms with van der Waals surface area (Å²) >= 11 is 0. The van der Waals surface area contributed by atoms with Crippen LogP contribution in [0.3, 0.4) is 0 Å². The van der Waals surface area contributed by atoms with Gasteiger partial charge in [0.1, 0.15) is 5.75 Å². The maximum atomic E-state index is 13.0. The molecule has 186 valence electrons. The van der Waals surface area contributed by atoms with Crippen molar-refractivity contribution in [1.82, 2.24) is 9.80 Å². The van der Waals surface area contributed by atoms with Gasteiger partial charge in [-0.25, -0.2) is 0 Å². The lowest BCUT2D eigenvalue weighted by molar-refractivity contribution is -0.137. The fourth-order valence-electron chi connectivity index (χ4n) is 5.50. The molecule has 0 aromatic heterocycles. The third-order valence-corrected chi connectivity index (χ3v) is 7.85. The molecule has 4 N–H and O–H groups in total. The minimum absolute atomic E-state index is 0. The van der Waals surface area contributed by atoms with Crippen LogP contribution in [0.25, 0.3) is 0 Å². The van der Waals surface area contributed by atoms with Gasteiger partial charge in [-0.15, -0.1) is 0 Å². The molecule has 3 rings (SSSR count). The second kappa shape index (κ2) is 12.4. The highest BCUT2D eigenvalue weighted by atomic mass is 16.4. The van der Waals surface area contributed by atoms with Crippen molar-refractivity contribution < 1.29 is 25.3 Å². The fraction of sp³-hybridized carbons (Fsp3) is 0.692. The highest BCUT2D eigenvalue weighted by Crippen LogP contribution is 2.40. The topological polar surface area (TPSA) is 113 Å². The largest absolute Gasteiger partial charge is 0.508 e. The van der Waals surface area contributed by atoms with Gasteiger partial charge in [0.2, 0.25) is 5.91 Å². The fourth-order valence-corrected chi connectivity index (χ4v) is 5.50. The van der Waals surface area contributed by atoms with Crippen LogP contribution >= 0.6 is 0 Å². The average Bonchev–Trinajstić information content (AvgIpc) is 2.77. The van der Waals surface area contributed by atoms with E-state index < -0.39 is 5.97 Å². The molecule has 1 aliphatic carbocycles. The van der Waals surface area contributed by atoms with E-state index in [2.05, 4.69) is 29.7 Å². The van der Waals surface area contributed by atoms with Crippen LogP contribution in [0.5, 0.6) is 5.75 Å². The molecule has 1 saturated carbocycles. The molecule has 0 radical (unpaired) electrons. The number of hydrogen-bond acceptors (Lipinski definition) is 4. The lowest BCUT2D eigenvalue weighted by Crippen LogP contribution is -2.51. The summed E-state index contributed by atoms with van der Waals surface area (Å²) in [6, 6.07) is 7.97. The third kappa shape index (κ3) is 7.18. The van der Waals surface area contributed by atoms with E-state index in [4.69, 9.17) is 5.11 Å². The molecule has 2 atom stereocenters. The highest BCUT2D eigenvalue weighted by Gasteiger charge is 2.38. The summed E-state index contributed by atoms with van der Waals surface area (Å²) in [5, 5.41) is 18.8. The maximum absolute atomic E-state index is 13.0. The standard InChI is InChI=1S/C26H40N2O4.H2O/c1-20-19-27(15-14-26(20,2)21-8-6-11-23(29)18-21)16-17-28(22-9-4-3-5-10-22)24(30)12-7-13-25(31)32;/h6,8,11,18,20,22,29H,3-5,7,9-10,12-17,19H2,1-2H3,(H,31,32);1H2/t20-,26-;/m0./s1. The number of carboxylic acids is 1. The quantitative estimate of drug-likeness (QED) is 0.582. The molecular formula is C26H42N2O5. The summed E-state index contributed by atoms with van der Waals surface area (Å²) in [6.07, 6.45) is 7.55. The number of aromatic hydroxyl groups is 1. The van der Waals surface area contributed by atoms with Crippen molar-refractivity contribution >= 4 is 11.9 Å². The van der Waals surface area contributed by atoms with Gasteiger partial charge in [-0.3, -0.25) is 9.59 Å². The number of phenols is 1. The summed E-state index contributed by atoms with van der Waals surface area (Å²) in [6.45, 7) is 8.12. The summed E-state index contributed by atoms with van der Waals surface area (Å²) in [4.78, 5) is 28.3. The van der Waals surface area contributed by atoms with Gasteiger partial charge in [-0.2, -0.15) is 0 Å². The number of likely N-dealkylation sites (tertiary alicyclic amines) is 1. The lowest BCUT2D eigenvalue weighted by atomic mass is 9.68. The van der Waals surface area contributed by atoms with Crippen LogP contribution in [0.15, 0.2) is 24.3 Å². The second-order valence-electron chi connectivity index (χ2n) is 10.0. The maximum Gasteiger partial charge on any atom is 0.303 e. The number of carboxylic acid groups (broad SMARTS) is 1. The van der Waals surface area contributed by atoms with Crippen molar-refractivity contribution in [1.29, 1.82) is 0 Å². The normalized spacial score (nSPS) is 24.1. The van der Waals surface area contributed by atoms with Crippen molar-refractivity contribution in [2.45, 2.75) is 83.1 Å². The summed E-state index contributed by atoms with van der Waals surface area (Å²) < 4.78 is 0. The van der Waals surface area contributed by atoms with E-state index >= 15 is 0 Å². The number of amides is 1. The molecule has 2 aliphatic rings. The molecule has 0 unspecified atom stereocenters. The Morgan fingerprint density at radius 1 is 1.18 bits per heavy atom. The van der Waals surface area contributed by atoms with Crippen LogP contribution in [0, 0.1) is 5.92 Å². The van der Waals surface area contributed by atoms with Crippen LogP contribution in [-0.2, 0) is 15.0 Å². The van der Waals surface area contributed by atoms with E-state index in [1.54, 1.807) is 6.07 Å². The van der Waals surface area contributed by atoms with Crippen LogP contribution in [0.1, 0.15) is 77.2 Å². The number of rotatable bonds is 9. The molecule has 1 aliphatic heterocycles. The third-order valence-electron chi connectivity index (χ3n) is 7.85. The Balaban J connectivity index is 0.00000385. The van der Waals surface area contributed by atoms with E-state index in [0.29, 0.717) is 30.6 Å². The van der Waals surface area contributed by atoms with Crippen molar-refractivity contribution in [2.75, 3.05) is 26.2 Å². The Hall–Kier alpha value is -2.12. The van der Waals surface area contributed by atoms with Crippen LogP contribution < -0.4 is 0 Å². The molecule has 7 nitrogen and oxygen atoms in total. The SMILES string of the molecule is C[C@H]1CN(CCN(C(=O)CCCC(=O)O)C2CCCCC2)CC[C@]1(C)c1cccc(O)c1.O. The van der Waals surface area contributed by atoms with Gasteiger partial charge in [0.25, 0.3) is 0 Å². The first kappa shape index (κ1) is 27.1. The number of phenolic OH excluding ortho intramolecular Hbond substituents is 1. The molecule has 7 heteroatoms. The van der Waals surface area contributed by atoms with E-state index in [1.165, 1.54) is 24.8 Å². The molecular weight excluding hydrogens is 420 g/mol. The number of benzene rings is 1. The van der Waals surface area contributed by atoms with Crippen molar-refractivity contribution in [3.63, 3.8) is 0 Å². The predicted octanol–water partition coefficient (Wildman–Crippen LogP) is 3.58. The minimum atomic E-state index is -0.834. The van der Waals surface area contributed by atoms with Crippen LogP contribution in [0.4, 0.5) is 0 Å². The second-order valence-corrected chi connectivity index (χ2v) is 10.0. The van der Waals surface area contributed by atoms with E-state index in [1.807, 2.05) is 12.1 Å². The van der Waals surface area contributed by atoms with Crippen molar-refractivity contribution in [3.05, 3.63) is 29.8 Å². The zero-order valence-corrected chi connectivity index (χ0v) is 20.3. The Bertz CT molecular complexity index is 780. The number of carbonyl (C=O) groups is 2. The summed E-state index contributed by atoms with van der Waals surface area (Å²) in [5.74, 6) is 0.0437. The average molecular weight is 463 g/mol. The lowest BCUT2D eigenvalue weighted by Gasteiger charge is -2.46. The number of nitrogens with zero attached hydrogens (tertiary/aromatic N) is 2. The highest BCUT2D eigenvalue weighted by molar-refractivity contribution is 5.77. The molecule has 0 spiro atoms. The molecule has 1 saturated heterocycles. The zero-order valence-electron chi connectivity index (χ0n) is 20.3.